The van der Waals surface area contributed by atoms with Crippen LogP contribution >= 0.6 is 0 Å². The van der Waals surface area contributed by atoms with Crippen molar-refractivity contribution in [1.29, 1.82) is 0 Å². The van der Waals surface area contributed by atoms with Gasteiger partial charge >= 0.3 is 22.8 Å². The van der Waals surface area contributed by atoms with Crippen LogP contribution in [0.2, 0.25) is 22.2 Å². The maximum Gasteiger partial charge on any atom is 0.335 e. The Kier molecular flexibility index (Phi) is 7.19. The lowest BCUT2D eigenvalue weighted by Gasteiger charge is -2.50. The second-order valence-electron chi connectivity index (χ2n) is 9.96. The van der Waals surface area contributed by atoms with Crippen LogP contribution in [0.1, 0.15) is 61.6 Å². The second-order valence-corrected chi connectivity index (χ2v) is 18.8. The van der Waals surface area contributed by atoms with Crippen molar-refractivity contribution in [3.8, 4) is 0 Å². The number of nitrogens with one attached hydrogen (secondary N) is 1. The first-order chi connectivity index (χ1) is 14.9. The van der Waals surface area contributed by atoms with Gasteiger partial charge in [-0.15, -0.1) is 0 Å². The predicted octanol–water partition coefficient (Wildman–Crippen LogP) is 2.96. The molecular weight excluding hydrogens is 448 g/mol. The highest BCUT2D eigenvalue weighted by molar-refractivity contribution is 6.84. The molecule has 0 spiro atoms. The van der Waals surface area contributed by atoms with Crippen molar-refractivity contribution in [2.45, 2.75) is 96.0 Å². The van der Waals surface area contributed by atoms with Crippen molar-refractivity contribution in [2.24, 2.45) is 0 Å². The summed E-state index contributed by atoms with van der Waals surface area (Å²) >= 11 is 0. The van der Waals surface area contributed by atoms with Gasteiger partial charge in [0.05, 0.1) is 6.61 Å². The highest BCUT2D eigenvalue weighted by Crippen LogP contribution is 2.47. The lowest BCUT2D eigenvalue weighted by atomic mass is 10.1. The van der Waals surface area contributed by atoms with E-state index in [0.29, 0.717) is 0 Å². The lowest BCUT2D eigenvalue weighted by molar-refractivity contribution is -0.130. The molecule has 1 N–H and O–H groups in total. The van der Waals surface area contributed by atoms with Crippen LogP contribution in [0.4, 0.5) is 0 Å². The number of hydrogen-bond donors (Lipinski definition) is 1. The molecule has 0 aromatic carbocycles. The number of aromatic nitrogens is 2. The van der Waals surface area contributed by atoms with Gasteiger partial charge in [0, 0.05) is 12.3 Å². The molecule has 1 aromatic heterocycles. The van der Waals surface area contributed by atoms with E-state index in [2.05, 4.69) is 60.4 Å². The summed E-state index contributed by atoms with van der Waals surface area (Å²) in [6.07, 6.45) is -1.47. The smallest absolute Gasteiger partial charge is 0.335 e. The second kappa shape index (κ2) is 9.11. The van der Waals surface area contributed by atoms with Crippen LogP contribution in [0.3, 0.4) is 0 Å². The van der Waals surface area contributed by atoms with E-state index in [1.807, 2.05) is 0 Å². The van der Waals surface area contributed by atoms with E-state index in [1.165, 1.54) is 12.3 Å². The number of aromatic amines is 1. The SMILES string of the molecule is CC(C)[Si]1(C(C)C)OC[C@H]2OC(n3ccc(=O)[nH]c3=O)C(=O)[C@H]2O[Si](C(C)C)(C(C)C)O1. The number of ketones is 1. The molecular formula is C21H36N2O7Si2. The lowest BCUT2D eigenvalue weighted by Crippen LogP contribution is -2.65. The van der Waals surface area contributed by atoms with E-state index in [9.17, 15) is 14.4 Å². The summed E-state index contributed by atoms with van der Waals surface area (Å²) in [6.45, 7) is 16.9. The Labute approximate surface area is 190 Å². The molecule has 3 heterocycles. The first-order valence-electron chi connectivity index (χ1n) is 11.4. The third-order valence-electron chi connectivity index (χ3n) is 6.59. The molecule has 1 unspecified atom stereocenters. The molecule has 0 aliphatic carbocycles. The normalized spacial score (nSPS) is 27.8. The highest BCUT2D eigenvalue weighted by atomic mass is 28.5. The van der Waals surface area contributed by atoms with Crippen molar-refractivity contribution >= 4 is 22.9 Å². The molecule has 9 nitrogen and oxygen atoms in total. The van der Waals surface area contributed by atoms with Crippen molar-refractivity contribution in [2.75, 3.05) is 6.61 Å². The van der Waals surface area contributed by atoms with E-state index < -0.39 is 46.8 Å². The van der Waals surface area contributed by atoms with Crippen molar-refractivity contribution < 1.29 is 22.5 Å². The quantitative estimate of drug-likeness (QED) is 0.640. The average molecular weight is 485 g/mol. The highest BCUT2D eigenvalue weighted by Gasteiger charge is 2.61. The zero-order chi connectivity index (χ0) is 24.0. The van der Waals surface area contributed by atoms with E-state index in [4.69, 9.17) is 17.7 Å². The van der Waals surface area contributed by atoms with Gasteiger partial charge in [0.25, 0.3) is 5.56 Å². The number of carbonyl (C=O) groups excluding carboxylic acids is 1. The number of Topliss-reactive ketones (excluding diaryl/α,β-unsaturated/α-hetero) is 1. The molecule has 2 aliphatic rings. The van der Waals surface area contributed by atoms with Crippen molar-refractivity contribution in [3.05, 3.63) is 33.1 Å². The Morgan fingerprint density at radius 1 is 0.938 bits per heavy atom. The molecule has 32 heavy (non-hydrogen) atoms. The summed E-state index contributed by atoms with van der Waals surface area (Å²) in [5, 5.41) is 0. The summed E-state index contributed by atoms with van der Waals surface area (Å²) in [7, 11) is -5.72. The average Bonchev–Trinajstić information content (AvgIpc) is 2.96. The maximum absolute atomic E-state index is 13.4. The van der Waals surface area contributed by atoms with Crippen LogP contribution in [0.15, 0.2) is 21.9 Å². The van der Waals surface area contributed by atoms with E-state index in [1.54, 1.807) is 0 Å². The van der Waals surface area contributed by atoms with Crippen molar-refractivity contribution in [3.63, 3.8) is 0 Å². The number of rotatable bonds is 5. The van der Waals surface area contributed by atoms with E-state index >= 15 is 0 Å². The third-order valence-corrected chi connectivity index (χ3v) is 16.8. The van der Waals surface area contributed by atoms with Gasteiger partial charge < -0.3 is 17.7 Å². The molecule has 2 fully saturated rings. The molecule has 0 saturated carbocycles. The first kappa shape index (κ1) is 25.3. The largest absolute Gasteiger partial charge is 0.414 e. The van der Waals surface area contributed by atoms with Crippen LogP contribution in [0.25, 0.3) is 0 Å². The van der Waals surface area contributed by atoms with Gasteiger partial charge in [-0.2, -0.15) is 0 Å². The van der Waals surface area contributed by atoms with Gasteiger partial charge in [0.1, 0.15) is 12.2 Å². The maximum atomic E-state index is 13.4. The fraction of sp³-hybridized carbons (Fsp3) is 0.762. The fourth-order valence-corrected chi connectivity index (χ4v) is 16.0. The standard InChI is InChI=1S/C21H36N2O7Si2/c1-12(2)31(13(3)4)27-11-16-19(29-32(30-31,14(5)6)15(7)8)18(25)20(28-16)23-10-9-17(24)22-21(23)26/h9-10,12-16,19-20H,11H2,1-8H3,(H,22,24,26)/t16-,19+,20?/m1/s1. The van der Waals surface area contributed by atoms with Gasteiger partial charge in [-0.25, -0.2) is 4.79 Å². The number of ether oxygens (including phenoxy) is 1. The first-order valence-corrected chi connectivity index (χ1v) is 15.3. The van der Waals surface area contributed by atoms with Crippen LogP contribution < -0.4 is 11.2 Å². The Bertz CT molecular complexity index is 940. The van der Waals surface area contributed by atoms with Gasteiger partial charge in [0.2, 0.25) is 5.78 Å². The summed E-state index contributed by atoms with van der Waals surface area (Å²) in [4.78, 5) is 39.4. The van der Waals surface area contributed by atoms with E-state index in [0.717, 1.165) is 4.57 Å². The molecule has 1 aromatic rings. The number of fused-ring (bicyclic) bond motifs is 1. The Morgan fingerprint density at radius 2 is 1.50 bits per heavy atom. The molecule has 0 radical (unpaired) electrons. The minimum atomic E-state index is -2.97. The number of H-pyrrole nitrogens is 1. The zero-order valence-electron chi connectivity index (χ0n) is 20.2. The van der Waals surface area contributed by atoms with E-state index in [-0.39, 0.29) is 34.6 Å². The van der Waals surface area contributed by atoms with Gasteiger partial charge in [-0.1, -0.05) is 55.4 Å². The van der Waals surface area contributed by atoms with Crippen LogP contribution in [-0.2, 0) is 22.5 Å². The van der Waals surface area contributed by atoms with Crippen molar-refractivity contribution in [1.82, 2.24) is 9.55 Å². The van der Waals surface area contributed by atoms with Gasteiger partial charge in [-0.05, 0) is 22.2 Å². The van der Waals surface area contributed by atoms with Gasteiger partial charge in [-0.3, -0.25) is 19.1 Å². The molecule has 11 heteroatoms. The summed E-state index contributed by atoms with van der Waals surface area (Å²) in [6, 6.07) is 1.19. The van der Waals surface area contributed by atoms with Crippen LogP contribution in [-0.4, -0.2) is 51.3 Å². The zero-order valence-corrected chi connectivity index (χ0v) is 22.2. The number of hydrogen-bond acceptors (Lipinski definition) is 7. The Morgan fingerprint density at radius 3 is 2.00 bits per heavy atom. The molecule has 2 aliphatic heterocycles. The van der Waals surface area contributed by atoms with Gasteiger partial charge in [0.15, 0.2) is 6.23 Å². The summed E-state index contributed by atoms with van der Waals surface area (Å²) in [5.41, 5.74) is -0.768. The number of carbonyl (C=O) groups is 1. The van der Waals surface area contributed by atoms with Crippen LogP contribution in [0, 0.1) is 0 Å². The minimum Gasteiger partial charge on any atom is -0.414 e. The molecule has 180 valence electrons. The third kappa shape index (κ3) is 4.14. The fourth-order valence-electron chi connectivity index (χ4n) is 4.83. The topological polar surface area (TPSA) is 109 Å². The van der Waals surface area contributed by atoms with Crippen LogP contribution in [0.5, 0.6) is 0 Å². The number of nitrogens with zero attached hydrogens (tertiary/aromatic N) is 1. The predicted molar refractivity (Wildman–Crippen MR) is 124 cm³/mol. The molecule has 0 bridgehead atoms. The Hall–Kier alpha value is -1.38. The molecule has 3 atom stereocenters. The summed E-state index contributed by atoms with van der Waals surface area (Å²) < 4.78 is 27.5. The minimum absolute atomic E-state index is 0.0666. The Balaban J connectivity index is 2.09. The summed E-state index contributed by atoms with van der Waals surface area (Å²) in [5.74, 6) is -0.363. The molecule has 0 amide bonds. The molecule has 2 saturated heterocycles. The monoisotopic (exact) mass is 484 g/mol. The molecule has 3 rings (SSSR count).